The van der Waals surface area contributed by atoms with Gasteiger partial charge in [0.25, 0.3) is 0 Å². The maximum absolute atomic E-state index is 8.97. The van der Waals surface area contributed by atoms with Crippen molar-refractivity contribution in [2.24, 2.45) is 21.6 Å². The van der Waals surface area contributed by atoms with Crippen molar-refractivity contribution in [2.45, 2.75) is 12.8 Å². The van der Waals surface area contributed by atoms with Crippen LogP contribution in [-0.2, 0) is 0 Å². The Morgan fingerprint density at radius 2 is 1.96 bits per heavy atom. The summed E-state index contributed by atoms with van der Waals surface area (Å²) < 4.78 is 5.22. The van der Waals surface area contributed by atoms with Crippen molar-refractivity contribution in [3.8, 4) is 5.75 Å². The highest BCUT2D eigenvalue weighted by Crippen LogP contribution is 2.21. The normalized spacial score (nSPS) is 16.9. The van der Waals surface area contributed by atoms with Gasteiger partial charge < -0.3 is 14.9 Å². The van der Waals surface area contributed by atoms with Gasteiger partial charge in [-0.25, -0.2) is 10.0 Å². The number of aliphatic hydroxyl groups excluding tert-OH is 2. The molecule has 124 valence electrons. The second-order valence-corrected chi connectivity index (χ2v) is 5.05. The van der Waals surface area contributed by atoms with Gasteiger partial charge in [0.05, 0.1) is 24.6 Å². The van der Waals surface area contributed by atoms with Crippen LogP contribution in [0, 0.1) is 5.41 Å². The summed E-state index contributed by atoms with van der Waals surface area (Å²) in [7, 11) is 0. The fraction of sp³-hybridized carbons (Fsp3) is 0.357. The van der Waals surface area contributed by atoms with Gasteiger partial charge in [-0.3, -0.25) is 16.9 Å². The van der Waals surface area contributed by atoms with E-state index in [1.165, 1.54) is 5.01 Å². The van der Waals surface area contributed by atoms with E-state index in [1.807, 2.05) is 0 Å². The van der Waals surface area contributed by atoms with Crippen LogP contribution in [0.4, 0.5) is 5.69 Å². The van der Waals surface area contributed by atoms with Crippen molar-refractivity contribution < 1.29 is 14.9 Å². The molecular weight excluding hydrogens is 300 g/mol. The fourth-order valence-electron chi connectivity index (χ4n) is 1.93. The van der Waals surface area contributed by atoms with Gasteiger partial charge >= 0.3 is 0 Å². The van der Waals surface area contributed by atoms with E-state index in [-0.39, 0.29) is 19.0 Å². The monoisotopic (exact) mass is 320 g/mol. The molecule has 0 radical (unpaired) electrons. The number of nitrogens with one attached hydrogen (secondary N) is 1. The van der Waals surface area contributed by atoms with E-state index in [2.05, 4.69) is 10.1 Å². The largest absolute Gasteiger partial charge is 0.458 e. The smallest absolute Gasteiger partial charge is 0.236 e. The average molecular weight is 320 g/mol. The highest BCUT2D eigenvalue weighted by Gasteiger charge is 2.25. The van der Waals surface area contributed by atoms with Crippen LogP contribution in [0.25, 0.3) is 0 Å². The summed E-state index contributed by atoms with van der Waals surface area (Å²) in [5, 5.41) is 31.5. The van der Waals surface area contributed by atoms with Crippen molar-refractivity contribution in [2.75, 3.05) is 19.8 Å². The third-order valence-corrected chi connectivity index (χ3v) is 3.04. The molecule has 1 aromatic carbocycles. The zero-order valence-electron chi connectivity index (χ0n) is 12.7. The lowest BCUT2D eigenvalue weighted by Gasteiger charge is -2.23. The first-order valence-corrected chi connectivity index (χ1v) is 6.95. The van der Waals surface area contributed by atoms with E-state index in [1.54, 1.807) is 31.2 Å². The molecule has 1 aliphatic rings. The van der Waals surface area contributed by atoms with Crippen LogP contribution in [0.2, 0.25) is 0 Å². The zero-order valence-corrected chi connectivity index (χ0v) is 12.7. The van der Waals surface area contributed by atoms with Crippen LogP contribution in [0.3, 0.4) is 0 Å². The third-order valence-electron chi connectivity index (χ3n) is 3.04. The van der Waals surface area contributed by atoms with E-state index in [0.717, 1.165) is 0 Å². The first-order chi connectivity index (χ1) is 10.9. The predicted octanol–water partition coefficient (Wildman–Crippen LogP) is -0.638. The van der Waals surface area contributed by atoms with Crippen molar-refractivity contribution in [1.29, 1.82) is 5.41 Å². The van der Waals surface area contributed by atoms with Gasteiger partial charge in [0.15, 0.2) is 5.84 Å². The van der Waals surface area contributed by atoms with Crippen LogP contribution in [0.5, 0.6) is 5.75 Å². The van der Waals surface area contributed by atoms with Crippen molar-refractivity contribution in [3.05, 3.63) is 24.3 Å². The molecule has 0 fully saturated rings. The second-order valence-electron chi connectivity index (χ2n) is 5.05. The number of aliphatic hydroxyl groups is 2. The molecule has 0 atom stereocenters. The lowest BCUT2D eigenvalue weighted by Crippen LogP contribution is -2.57. The molecule has 9 heteroatoms. The molecule has 1 aromatic rings. The van der Waals surface area contributed by atoms with Gasteiger partial charge in [-0.2, -0.15) is 5.10 Å². The maximum Gasteiger partial charge on any atom is 0.236 e. The van der Waals surface area contributed by atoms with E-state index >= 15 is 0 Å². The summed E-state index contributed by atoms with van der Waals surface area (Å²) in [6.45, 7) is 1.38. The number of nitrogens with zero attached hydrogens (tertiary/aromatic N) is 3. The van der Waals surface area contributed by atoms with Gasteiger partial charge in [0.1, 0.15) is 18.1 Å². The number of benzene rings is 1. The number of rotatable bonds is 6. The Balaban J connectivity index is 2.15. The highest BCUT2D eigenvalue weighted by molar-refractivity contribution is 6.69. The number of β-amino-alcohol motifs (C(OH)–C–C–N with tert-alkyl or cyclic N) is 1. The molecule has 0 saturated carbocycles. The molecule has 0 spiro atoms. The van der Waals surface area contributed by atoms with Crippen LogP contribution < -0.4 is 16.2 Å². The lowest BCUT2D eigenvalue weighted by molar-refractivity contribution is 0.0198. The number of hydrogen-bond donors (Lipinski definition) is 5. The Bertz CT molecular complexity index is 638. The first-order valence-electron chi connectivity index (χ1n) is 6.95. The average Bonchev–Trinajstić information content (AvgIpc) is 2.77. The molecule has 23 heavy (non-hydrogen) atoms. The Labute approximate surface area is 133 Å². The van der Waals surface area contributed by atoms with Crippen LogP contribution in [0.1, 0.15) is 6.92 Å². The summed E-state index contributed by atoms with van der Waals surface area (Å²) in [6.07, 6.45) is 0. The minimum Gasteiger partial charge on any atom is -0.458 e. The number of hydrazone groups is 1. The van der Waals surface area contributed by atoms with E-state index in [0.29, 0.717) is 22.9 Å². The highest BCUT2D eigenvalue weighted by atomic mass is 16.5. The van der Waals surface area contributed by atoms with Gasteiger partial charge in [-0.1, -0.05) is 0 Å². The van der Waals surface area contributed by atoms with Crippen LogP contribution in [0.15, 0.2) is 34.4 Å². The molecule has 9 nitrogen and oxygen atoms in total. The minimum atomic E-state index is -1.64. The van der Waals surface area contributed by atoms with E-state index in [4.69, 9.17) is 31.8 Å². The number of aliphatic imine (C=N–C) groups is 1. The second kappa shape index (κ2) is 6.84. The topological polar surface area (TPSA) is 154 Å². The van der Waals surface area contributed by atoms with Gasteiger partial charge in [0.2, 0.25) is 5.85 Å². The van der Waals surface area contributed by atoms with Crippen molar-refractivity contribution in [3.63, 3.8) is 0 Å². The first kappa shape index (κ1) is 17.0. The Hall–Kier alpha value is -2.33. The summed E-state index contributed by atoms with van der Waals surface area (Å²) >= 11 is 0. The molecule has 7 N–H and O–H groups in total. The summed E-state index contributed by atoms with van der Waals surface area (Å²) in [5.74, 6) is -1.11. The van der Waals surface area contributed by atoms with E-state index < -0.39 is 12.5 Å². The Kier molecular flexibility index (Phi) is 5.06. The molecule has 0 bridgehead atoms. The molecule has 0 amide bonds. The van der Waals surface area contributed by atoms with Crippen LogP contribution >= 0.6 is 0 Å². The lowest BCUT2D eigenvalue weighted by atomic mass is 10.2. The Morgan fingerprint density at radius 3 is 2.52 bits per heavy atom. The summed E-state index contributed by atoms with van der Waals surface area (Å²) in [4.78, 5) is 4.38. The number of ether oxygens (including phenoxy) is 1. The predicted molar refractivity (Wildman–Crippen MR) is 87.0 cm³/mol. The van der Waals surface area contributed by atoms with E-state index in [9.17, 15) is 0 Å². The summed E-state index contributed by atoms with van der Waals surface area (Å²) in [6, 6.07) is 6.57. The number of hydrogen-bond acceptors (Lipinski definition) is 8. The molecular formula is C14H20N6O3. The van der Waals surface area contributed by atoms with Gasteiger partial charge in [-0.15, -0.1) is 0 Å². The summed E-state index contributed by atoms with van der Waals surface area (Å²) in [5.41, 5.74) is 12.7. The molecule has 2 rings (SSSR count). The third kappa shape index (κ3) is 4.11. The molecule has 0 unspecified atom stereocenters. The minimum absolute atomic E-state index is 0.0940. The standard InChI is InChI=1S/C14H20N6O3/c1-9-12(13(15)20(19-9)6-7-21)18-10-2-4-11(5-3-10)23-14(16,17)8-22/h2-5,15,21-22H,6-8,16-17H2,1H3. The van der Waals surface area contributed by atoms with Gasteiger partial charge in [0, 0.05) is 0 Å². The van der Waals surface area contributed by atoms with Crippen molar-refractivity contribution in [1.82, 2.24) is 5.01 Å². The molecule has 0 aromatic heterocycles. The molecule has 1 aliphatic heterocycles. The molecule has 0 aliphatic carbocycles. The maximum atomic E-state index is 8.97. The number of amidine groups is 1. The molecule has 1 heterocycles. The zero-order chi connectivity index (χ0) is 17.0. The van der Waals surface area contributed by atoms with Crippen LogP contribution in [-0.4, -0.2) is 58.1 Å². The SMILES string of the molecule is CC1=NN(CCO)C(=N)C1=Nc1ccc(OC(N)(N)CO)cc1. The van der Waals surface area contributed by atoms with Crippen molar-refractivity contribution >= 4 is 22.9 Å². The van der Waals surface area contributed by atoms with Gasteiger partial charge in [-0.05, 0) is 31.2 Å². The fourth-order valence-corrected chi connectivity index (χ4v) is 1.93. The number of nitrogens with two attached hydrogens (primary N) is 2. The quantitative estimate of drug-likeness (QED) is 0.439. The Morgan fingerprint density at radius 1 is 1.30 bits per heavy atom. The molecule has 0 saturated heterocycles.